The van der Waals surface area contributed by atoms with Gasteiger partial charge in [0.05, 0.1) is 25.4 Å². The highest BCUT2D eigenvalue weighted by atomic mass is 19.1. The number of nitrogens with one attached hydrogen (secondary N) is 1. The van der Waals surface area contributed by atoms with Crippen LogP contribution in [0.2, 0.25) is 0 Å². The third kappa shape index (κ3) is 5.44. The third-order valence-corrected chi connectivity index (χ3v) is 7.24. The number of hydrogen-bond donors (Lipinski definition) is 1. The molecule has 1 amide bonds. The van der Waals surface area contributed by atoms with E-state index in [2.05, 4.69) is 10.3 Å². The van der Waals surface area contributed by atoms with Gasteiger partial charge in [0.2, 0.25) is 0 Å². The maximum Gasteiger partial charge on any atom is 0.335 e. The van der Waals surface area contributed by atoms with Gasteiger partial charge in [0.25, 0.3) is 11.5 Å². The van der Waals surface area contributed by atoms with Crippen LogP contribution in [0.15, 0.2) is 76.6 Å². The molecular weight excluding hydrogens is 555 g/mol. The summed E-state index contributed by atoms with van der Waals surface area (Å²) in [5.74, 6) is 0.971. The van der Waals surface area contributed by atoms with Crippen molar-refractivity contribution in [2.24, 2.45) is 0 Å². The van der Waals surface area contributed by atoms with Crippen LogP contribution >= 0.6 is 0 Å². The first-order valence-electron chi connectivity index (χ1n) is 13.4. The summed E-state index contributed by atoms with van der Waals surface area (Å²) in [6.45, 7) is 5.60. The highest BCUT2D eigenvalue weighted by Gasteiger charge is 2.20. The Morgan fingerprint density at radius 3 is 2.28 bits per heavy atom. The van der Waals surface area contributed by atoms with Crippen molar-refractivity contribution in [1.29, 1.82) is 0 Å². The molecule has 43 heavy (non-hydrogen) atoms. The van der Waals surface area contributed by atoms with Gasteiger partial charge in [-0.1, -0.05) is 0 Å². The minimum Gasteiger partial charge on any atom is -0.493 e. The van der Waals surface area contributed by atoms with E-state index in [9.17, 15) is 18.8 Å². The fourth-order valence-electron chi connectivity index (χ4n) is 4.69. The zero-order chi connectivity index (χ0) is 30.8. The van der Waals surface area contributed by atoms with Crippen LogP contribution in [0, 0.1) is 19.7 Å². The van der Waals surface area contributed by atoms with E-state index in [0.717, 1.165) is 27.6 Å². The van der Waals surface area contributed by atoms with Crippen LogP contribution in [0.1, 0.15) is 28.4 Å². The molecule has 3 aromatic carbocycles. The van der Waals surface area contributed by atoms with Gasteiger partial charge in [0.1, 0.15) is 22.9 Å². The summed E-state index contributed by atoms with van der Waals surface area (Å²) in [6.07, 6.45) is 2.87. The third-order valence-electron chi connectivity index (χ3n) is 7.24. The number of rotatable bonds is 8. The molecule has 0 aliphatic rings. The molecule has 0 saturated heterocycles. The number of carbonyl (C=O) groups excluding carboxylic acids is 1. The maximum atomic E-state index is 13.5. The zero-order valence-electron chi connectivity index (χ0n) is 24.2. The Balaban J connectivity index is 1.47. The molecule has 0 radical (unpaired) electrons. The summed E-state index contributed by atoms with van der Waals surface area (Å²) < 4.78 is 32.7. The number of aryl methyl sites for hydroxylation is 1. The van der Waals surface area contributed by atoms with E-state index in [1.807, 2.05) is 13.8 Å². The van der Waals surface area contributed by atoms with Gasteiger partial charge >= 0.3 is 5.69 Å². The standard InChI is InChI=1S/C32H29FN4O6/c1-6-36-17-23(31(39)37(32(36)40)21-9-7-20(33)8-10-21)30(38)35-24-11-12-26(19(3)18(24)2)43-27-13-14-34-25-16-29(42-5)28(41-4)15-22(25)27/h7-17H,6H2,1-5H3,(H,35,38). The van der Waals surface area contributed by atoms with Crippen LogP contribution in [-0.2, 0) is 6.54 Å². The highest BCUT2D eigenvalue weighted by Crippen LogP contribution is 2.38. The Hall–Kier alpha value is -5.45. The van der Waals surface area contributed by atoms with Gasteiger partial charge in [-0.2, -0.15) is 0 Å². The maximum absolute atomic E-state index is 13.5. The van der Waals surface area contributed by atoms with Crippen molar-refractivity contribution in [1.82, 2.24) is 14.1 Å². The average molecular weight is 585 g/mol. The number of halogens is 1. The first-order chi connectivity index (χ1) is 20.7. The summed E-state index contributed by atoms with van der Waals surface area (Å²) in [6, 6.07) is 13.6. The van der Waals surface area contributed by atoms with Gasteiger partial charge in [0, 0.05) is 36.1 Å². The van der Waals surface area contributed by atoms with E-state index in [4.69, 9.17) is 14.2 Å². The van der Waals surface area contributed by atoms with Crippen LogP contribution in [0.25, 0.3) is 16.6 Å². The van der Waals surface area contributed by atoms with E-state index in [1.165, 1.54) is 22.9 Å². The Bertz CT molecular complexity index is 1980. The van der Waals surface area contributed by atoms with Crippen LogP contribution in [-0.4, -0.2) is 34.2 Å². The minimum atomic E-state index is -0.815. The number of fused-ring (bicyclic) bond motifs is 1. The molecule has 10 nitrogen and oxygen atoms in total. The predicted octanol–water partition coefficient (Wildman–Crippen LogP) is 5.39. The van der Waals surface area contributed by atoms with Crippen LogP contribution in [0.4, 0.5) is 10.1 Å². The van der Waals surface area contributed by atoms with Crippen LogP contribution in [0.5, 0.6) is 23.0 Å². The van der Waals surface area contributed by atoms with E-state index in [-0.39, 0.29) is 17.8 Å². The number of hydrogen-bond acceptors (Lipinski definition) is 7. The lowest BCUT2D eigenvalue weighted by molar-refractivity contribution is 0.102. The van der Waals surface area contributed by atoms with Gasteiger partial charge in [0.15, 0.2) is 11.5 Å². The van der Waals surface area contributed by atoms with Crippen molar-refractivity contribution in [2.75, 3.05) is 19.5 Å². The first-order valence-corrected chi connectivity index (χ1v) is 13.4. The second-order valence-electron chi connectivity index (χ2n) is 9.68. The smallest absolute Gasteiger partial charge is 0.335 e. The monoisotopic (exact) mass is 584 g/mol. The fourth-order valence-corrected chi connectivity index (χ4v) is 4.69. The molecule has 0 spiro atoms. The van der Waals surface area contributed by atoms with Crippen LogP contribution in [0.3, 0.4) is 0 Å². The normalized spacial score (nSPS) is 10.9. The number of benzene rings is 3. The van der Waals surface area contributed by atoms with Gasteiger partial charge in [-0.15, -0.1) is 0 Å². The molecule has 0 saturated carbocycles. The Morgan fingerprint density at radius 2 is 1.60 bits per heavy atom. The largest absolute Gasteiger partial charge is 0.493 e. The van der Waals surface area contributed by atoms with Crippen molar-refractivity contribution in [2.45, 2.75) is 27.3 Å². The summed E-state index contributed by atoms with van der Waals surface area (Å²) in [5, 5.41) is 3.51. The quantitative estimate of drug-likeness (QED) is 0.260. The lowest BCUT2D eigenvalue weighted by atomic mass is 10.1. The van der Waals surface area contributed by atoms with Crippen molar-refractivity contribution >= 4 is 22.5 Å². The predicted molar refractivity (Wildman–Crippen MR) is 161 cm³/mol. The summed E-state index contributed by atoms with van der Waals surface area (Å²) in [4.78, 5) is 44.1. The molecule has 2 heterocycles. The van der Waals surface area contributed by atoms with Gasteiger partial charge in [-0.05, 0) is 80.4 Å². The molecule has 5 aromatic rings. The number of nitrogens with zero attached hydrogens (tertiary/aromatic N) is 3. The zero-order valence-corrected chi connectivity index (χ0v) is 24.2. The van der Waals surface area contributed by atoms with Gasteiger partial charge < -0.3 is 19.5 Å². The summed E-state index contributed by atoms with van der Waals surface area (Å²) in [7, 11) is 3.11. The number of amides is 1. The topological polar surface area (TPSA) is 114 Å². The van der Waals surface area contributed by atoms with Crippen LogP contribution < -0.4 is 30.8 Å². The molecule has 0 bridgehead atoms. The molecule has 0 fully saturated rings. The molecular formula is C32H29FN4O6. The van der Waals surface area contributed by atoms with Gasteiger partial charge in [-0.3, -0.25) is 19.1 Å². The Morgan fingerprint density at radius 1 is 0.907 bits per heavy atom. The molecule has 1 N–H and O–H groups in total. The number of aromatic nitrogens is 3. The van der Waals surface area contributed by atoms with Crippen molar-refractivity contribution in [3.8, 4) is 28.7 Å². The summed E-state index contributed by atoms with van der Waals surface area (Å²) in [5.41, 5.74) is 1.05. The SMILES string of the molecule is CCn1cc(C(=O)Nc2ccc(Oc3ccnc4cc(OC)c(OC)cc34)c(C)c2C)c(=O)n(-c2ccc(F)cc2)c1=O. The molecule has 0 unspecified atom stereocenters. The minimum absolute atomic E-state index is 0.154. The molecule has 0 aliphatic heterocycles. The molecule has 2 aromatic heterocycles. The number of anilines is 1. The molecule has 220 valence electrons. The number of ether oxygens (including phenoxy) is 3. The molecule has 5 rings (SSSR count). The summed E-state index contributed by atoms with van der Waals surface area (Å²) >= 11 is 0. The Labute approximate surface area is 245 Å². The van der Waals surface area contributed by atoms with E-state index < -0.39 is 23.0 Å². The second kappa shape index (κ2) is 11.8. The Kier molecular flexibility index (Phi) is 7.98. The lowest BCUT2D eigenvalue weighted by Gasteiger charge is -2.17. The average Bonchev–Trinajstić information content (AvgIpc) is 3.01. The highest BCUT2D eigenvalue weighted by molar-refractivity contribution is 6.04. The van der Waals surface area contributed by atoms with Gasteiger partial charge in [-0.25, -0.2) is 13.8 Å². The molecule has 0 aliphatic carbocycles. The first kappa shape index (κ1) is 29.1. The van der Waals surface area contributed by atoms with Crippen molar-refractivity contribution in [3.05, 3.63) is 110 Å². The van der Waals surface area contributed by atoms with E-state index in [1.54, 1.807) is 57.7 Å². The number of pyridine rings is 1. The lowest BCUT2D eigenvalue weighted by Crippen LogP contribution is -2.42. The van der Waals surface area contributed by atoms with E-state index >= 15 is 0 Å². The molecule has 0 atom stereocenters. The molecule has 11 heteroatoms. The fraction of sp³-hybridized carbons (Fsp3) is 0.188. The van der Waals surface area contributed by atoms with Crippen molar-refractivity contribution in [3.63, 3.8) is 0 Å². The number of methoxy groups -OCH3 is 2. The van der Waals surface area contributed by atoms with E-state index in [0.29, 0.717) is 39.8 Å². The van der Waals surface area contributed by atoms with Crippen molar-refractivity contribution < 1.29 is 23.4 Å². The second-order valence-corrected chi connectivity index (χ2v) is 9.68. The number of carbonyl (C=O) groups is 1.